The summed E-state index contributed by atoms with van der Waals surface area (Å²) in [7, 11) is 0. The van der Waals surface area contributed by atoms with Crippen molar-refractivity contribution in [2.75, 3.05) is 0 Å². The molecule has 26 heavy (non-hydrogen) atoms. The molecule has 7 heteroatoms. The van der Waals surface area contributed by atoms with Gasteiger partial charge in [0.15, 0.2) is 11.2 Å². The largest absolute Gasteiger partial charge is 0.436 e. The van der Waals surface area contributed by atoms with E-state index in [1.807, 2.05) is 31.2 Å². The highest BCUT2D eigenvalue weighted by atomic mass is 19.4. The molecule has 0 aliphatic carbocycles. The first-order valence-electron chi connectivity index (χ1n) is 8.40. The Bertz CT molecular complexity index is 873. The molecule has 138 valence electrons. The number of nitrogens with zero attached hydrogens (tertiary/aromatic N) is 2. The van der Waals surface area contributed by atoms with Gasteiger partial charge in [0.2, 0.25) is 5.89 Å². The molecule has 0 saturated heterocycles. The van der Waals surface area contributed by atoms with Gasteiger partial charge in [0.05, 0.1) is 0 Å². The van der Waals surface area contributed by atoms with E-state index < -0.39 is 18.7 Å². The van der Waals surface area contributed by atoms with E-state index in [1.54, 1.807) is 12.3 Å². The van der Waals surface area contributed by atoms with Crippen LogP contribution in [0.3, 0.4) is 0 Å². The average molecular weight is 364 g/mol. The number of aliphatic hydroxyl groups is 1. The number of hydrogen-bond acceptors (Lipinski definition) is 4. The Kier molecular flexibility index (Phi) is 5.27. The van der Waals surface area contributed by atoms with Crippen LogP contribution >= 0.6 is 0 Å². The average Bonchev–Trinajstić information content (AvgIpc) is 3.01. The number of rotatable bonds is 6. The number of aromatic nitrogens is 2. The SMILES string of the molecule is Cc1ccc(-c2cnc3nc(C(O)CCCCC(F)(F)F)oc3c2)cc1. The van der Waals surface area contributed by atoms with Gasteiger partial charge in [-0.25, -0.2) is 4.98 Å². The molecule has 3 rings (SSSR count). The van der Waals surface area contributed by atoms with Crippen LogP contribution < -0.4 is 0 Å². The summed E-state index contributed by atoms with van der Waals surface area (Å²) in [5.41, 5.74) is 3.80. The molecule has 3 aromatic rings. The quantitative estimate of drug-likeness (QED) is 0.599. The summed E-state index contributed by atoms with van der Waals surface area (Å²) in [5.74, 6) is 0.0839. The molecule has 0 aliphatic rings. The van der Waals surface area contributed by atoms with E-state index in [9.17, 15) is 18.3 Å². The highest BCUT2D eigenvalue weighted by molar-refractivity contribution is 5.76. The molecule has 2 heterocycles. The lowest BCUT2D eigenvalue weighted by Gasteiger charge is -2.07. The number of benzene rings is 1. The Morgan fingerprint density at radius 3 is 2.54 bits per heavy atom. The van der Waals surface area contributed by atoms with Crippen LogP contribution in [0.2, 0.25) is 0 Å². The number of halogens is 3. The van der Waals surface area contributed by atoms with Gasteiger partial charge < -0.3 is 9.52 Å². The predicted molar refractivity (Wildman–Crippen MR) is 91.5 cm³/mol. The van der Waals surface area contributed by atoms with E-state index in [1.165, 1.54) is 0 Å². The van der Waals surface area contributed by atoms with Crippen molar-refractivity contribution in [1.29, 1.82) is 0 Å². The zero-order valence-electron chi connectivity index (χ0n) is 14.3. The summed E-state index contributed by atoms with van der Waals surface area (Å²) >= 11 is 0. The minimum atomic E-state index is -4.17. The number of alkyl halides is 3. The summed E-state index contributed by atoms with van der Waals surface area (Å²) in [6.45, 7) is 2.00. The van der Waals surface area contributed by atoms with Crippen molar-refractivity contribution in [3.8, 4) is 11.1 Å². The van der Waals surface area contributed by atoms with Gasteiger partial charge in [0.1, 0.15) is 6.10 Å². The number of aryl methyl sites for hydroxylation is 1. The van der Waals surface area contributed by atoms with Crippen molar-refractivity contribution in [2.45, 2.75) is 44.9 Å². The normalized spacial score (nSPS) is 13.3. The van der Waals surface area contributed by atoms with Crippen LogP contribution in [0.25, 0.3) is 22.4 Å². The molecule has 0 amide bonds. The van der Waals surface area contributed by atoms with E-state index in [2.05, 4.69) is 9.97 Å². The number of pyridine rings is 1. The van der Waals surface area contributed by atoms with Crippen LogP contribution in [-0.2, 0) is 0 Å². The maximum absolute atomic E-state index is 12.1. The summed E-state index contributed by atoms with van der Waals surface area (Å²) < 4.78 is 42.0. The second-order valence-corrected chi connectivity index (χ2v) is 6.34. The zero-order chi connectivity index (χ0) is 18.7. The van der Waals surface area contributed by atoms with Crippen LogP contribution in [0.15, 0.2) is 40.9 Å². The standard InChI is InChI=1S/C19H19F3N2O2/c1-12-5-7-13(8-6-12)14-10-16-17(23-11-14)24-18(26-16)15(25)4-2-3-9-19(20,21)22/h5-8,10-11,15,25H,2-4,9H2,1H3. The first kappa shape index (κ1) is 18.4. The first-order valence-corrected chi connectivity index (χ1v) is 8.40. The Hall–Kier alpha value is -2.41. The summed E-state index contributed by atoms with van der Waals surface area (Å²) in [6.07, 6.45) is -4.02. The van der Waals surface area contributed by atoms with Gasteiger partial charge in [0.25, 0.3) is 0 Å². The molecular formula is C19H19F3N2O2. The third kappa shape index (κ3) is 4.60. The number of hydrogen-bond donors (Lipinski definition) is 1. The van der Waals surface area contributed by atoms with Crippen LogP contribution in [-0.4, -0.2) is 21.3 Å². The van der Waals surface area contributed by atoms with Gasteiger partial charge in [0, 0.05) is 18.2 Å². The minimum Gasteiger partial charge on any atom is -0.436 e. The van der Waals surface area contributed by atoms with E-state index in [0.717, 1.165) is 16.7 Å². The van der Waals surface area contributed by atoms with E-state index in [0.29, 0.717) is 11.2 Å². The molecule has 1 atom stereocenters. The Labute approximate surface area is 148 Å². The first-order chi connectivity index (χ1) is 12.3. The van der Waals surface area contributed by atoms with Crippen molar-refractivity contribution >= 4 is 11.2 Å². The lowest BCUT2D eigenvalue weighted by Crippen LogP contribution is -2.07. The summed E-state index contributed by atoms with van der Waals surface area (Å²) in [6, 6.07) is 9.74. The van der Waals surface area contributed by atoms with Crippen molar-refractivity contribution in [3.63, 3.8) is 0 Å². The van der Waals surface area contributed by atoms with Crippen LogP contribution in [0.4, 0.5) is 13.2 Å². The molecule has 1 N–H and O–H groups in total. The lowest BCUT2D eigenvalue weighted by molar-refractivity contribution is -0.135. The Balaban J connectivity index is 1.69. The second kappa shape index (κ2) is 7.45. The van der Waals surface area contributed by atoms with Crippen LogP contribution in [0.5, 0.6) is 0 Å². The molecule has 0 aliphatic heterocycles. The van der Waals surface area contributed by atoms with Crippen molar-refractivity contribution in [2.24, 2.45) is 0 Å². The number of unbranched alkanes of at least 4 members (excludes halogenated alkanes) is 1. The maximum atomic E-state index is 12.1. The van der Waals surface area contributed by atoms with Gasteiger partial charge >= 0.3 is 6.18 Å². The molecule has 0 radical (unpaired) electrons. The second-order valence-electron chi connectivity index (χ2n) is 6.34. The molecule has 0 fully saturated rings. The van der Waals surface area contributed by atoms with Gasteiger partial charge in [-0.3, -0.25) is 0 Å². The van der Waals surface area contributed by atoms with Gasteiger partial charge in [-0.2, -0.15) is 18.2 Å². The molecule has 0 bridgehead atoms. The zero-order valence-corrected chi connectivity index (χ0v) is 14.3. The fourth-order valence-electron chi connectivity index (χ4n) is 2.67. The number of aliphatic hydroxyl groups excluding tert-OH is 1. The Morgan fingerprint density at radius 2 is 1.85 bits per heavy atom. The molecule has 4 nitrogen and oxygen atoms in total. The predicted octanol–water partition coefficient (Wildman–Crippen LogP) is 5.35. The molecule has 2 aromatic heterocycles. The maximum Gasteiger partial charge on any atom is 0.389 e. The summed E-state index contributed by atoms with van der Waals surface area (Å²) in [5, 5.41) is 10.1. The molecule has 1 unspecified atom stereocenters. The molecule has 0 saturated carbocycles. The highest BCUT2D eigenvalue weighted by Crippen LogP contribution is 2.28. The van der Waals surface area contributed by atoms with E-state index in [4.69, 9.17) is 4.42 Å². The smallest absolute Gasteiger partial charge is 0.389 e. The van der Waals surface area contributed by atoms with Crippen molar-refractivity contribution in [1.82, 2.24) is 9.97 Å². The minimum absolute atomic E-state index is 0.0311. The van der Waals surface area contributed by atoms with Gasteiger partial charge in [-0.15, -0.1) is 0 Å². The number of fused-ring (bicyclic) bond motifs is 1. The van der Waals surface area contributed by atoms with Gasteiger partial charge in [-0.1, -0.05) is 29.8 Å². The third-order valence-corrected chi connectivity index (χ3v) is 4.12. The van der Waals surface area contributed by atoms with E-state index in [-0.39, 0.29) is 25.2 Å². The molecule has 1 aromatic carbocycles. The fourth-order valence-corrected chi connectivity index (χ4v) is 2.67. The van der Waals surface area contributed by atoms with Crippen LogP contribution in [0, 0.1) is 6.92 Å². The monoisotopic (exact) mass is 364 g/mol. The number of oxazole rings is 1. The Morgan fingerprint density at radius 1 is 1.12 bits per heavy atom. The highest BCUT2D eigenvalue weighted by Gasteiger charge is 2.26. The van der Waals surface area contributed by atoms with Gasteiger partial charge in [-0.05, 0) is 37.8 Å². The summed E-state index contributed by atoms with van der Waals surface area (Å²) in [4.78, 5) is 8.39. The van der Waals surface area contributed by atoms with E-state index >= 15 is 0 Å². The topological polar surface area (TPSA) is 59.2 Å². The van der Waals surface area contributed by atoms with Crippen molar-refractivity contribution < 1.29 is 22.7 Å². The third-order valence-electron chi connectivity index (χ3n) is 4.12. The molecular weight excluding hydrogens is 345 g/mol. The lowest BCUT2D eigenvalue weighted by atomic mass is 10.1. The van der Waals surface area contributed by atoms with Crippen LogP contribution in [0.1, 0.15) is 43.2 Å². The molecule has 0 spiro atoms. The van der Waals surface area contributed by atoms with Crippen molar-refractivity contribution in [3.05, 3.63) is 48.0 Å². The fraction of sp³-hybridized carbons (Fsp3) is 0.368.